The zero-order valence-corrected chi connectivity index (χ0v) is 16.4. The normalized spacial score (nSPS) is 25.2. The Morgan fingerprint density at radius 1 is 0.889 bits per heavy atom. The van der Waals surface area contributed by atoms with E-state index in [0.717, 1.165) is 24.5 Å². The number of rotatable bonds is 8. The topological polar surface area (TPSA) is 72.2 Å². The Balaban J connectivity index is 1.54. The van der Waals surface area contributed by atoms with E-state index >= 15 is 0 Å². The van der Waals surface area contributed by atoms with Crippen LogP contribution in [-0.4, -0.2) is 17.6 Å². The first kappa shape index (κ1) is 19.7. The fourth-order valence-corrected chi connectivity index (χ4v) is 4.43. The van der Waals surface area contributed by atoms with Crippen molar-refractivity contribution in [2.24, 2.45) is 11.7 Å². The summed E-state index contributed by atoms with van der Waals surface area (Å²) in [4.78, 5) is 24.5. The molecule has 0 amide bonds. The first-order valence-electron chi connectivity index (χ1n) is 10.6. The molecule has 3 N–H and O–H groups in total. The molecule has 0 bridgehead atoms. The van der Waals surface area contributed by atoms with Crippen LogP contribution in [0.4, 0.5) is 0 Å². The molecule has 3 rings (SSSR count). The average Bonchev–Trinajstić information content (AvgIpc) is 2.67. The summed E-state index contributed by atoms with van der Waals surface area (Å²) in [6, 6.07) is 0.364. The molecule has 0 saturated heterocycles. The fourth-order valence-electron chi connectivity index (χ4n) is 4.43. The van der Waals surface area contributed by atoms with Crippen molar-refractivity contribution in [2.45, 2.75) is 77.2 Å². The van der Waals surface area contributed by atoms with E-state index in [4.69, 9.17) is 5.73 Å². The van der Waals surface area contributed by atoms with E-state index in [2.05, 4.69) is 12.2 Å². The van der Waals surface area contributed by atoms with Crippen LogP contribution in [0.5, 0.6) is 0 Å². The fraction of sp³-hybridized carbons (Fsp3) is 0.565. The summed E-state index contributed by atoms with van der Waals surface area (Å²) in [5, 5.41) is 3.53. The number of carbonyl (C=O) groups is 2. The van der Waals surface area contributed by atoms with Crippen LogP contribution in [0.15, 0.2) is 46.8 Å². The number of unbranched alkanes of at least 4 members (excludes halogenated alkanes) is 4. The third-order valence-corrected chi connectivity index (χ3v) is 6.04. The number of hydrogen-bond acceptors (Lipinski definition) is 4. The van der Waals surface area contributed by atoms with Crippen molar-refractivity contribution < 1.29 is 9.59 Å². The number of nitrogens with one attached hydrogen (secondary N) is 1. The van der Waals surface area contributed by atoms with Gasteiger partial charge in [0.05, 0.1) is 11.1 Å². The van der Waals surface area contributed by atoms with Crippen molar-refractivity contribution in [2.75, 3.05) is 0 Å². The zero-order chi connectivity index (χ0) is 19.2. The molecule has 0 unspecified atom stereocenters. The second kappa shape index (κ2) is 9.20. The Labute approximate surface area is 162 Å². The molecule has 4 nitrogen and oxygen atoms in total. The predicted molar refractivity (Wildman–Crippen MR) is 109 cm³/mol. The molecule has 3 aliphatic carbocycles. The van der Waals surface area contributed by atoms with Crippen molar-refractivity contribution in [1.82, 2.24) is 5.32 Å². The molecule has 3 aliphatic rings. The molecular formula is C23H32N2O2. The lowest BCUT2D eigenvalue weighted by Gasteiger charge is -2.31. The highest BCUT2D eigenvalue weighted by Crippen LogP contribution is 2.32. The molecule has 1 fully saturated rings. The van der Waals surface area contributed by atoms with Crippen molar-refractivity contribution >= 4 is 11.6 Å². The molecule has 0 aliphatic heterocycles. The SMILES string of the molecule is CCCCCCC[C@H]1CC[C@H](NC2=C3C(=O)C=CC(N)=C3C(=O)C=C2)CC1. The first-order chi connectivity index (χ1) is 13.1. The number of nitrogens with two attached hydrogens (primary N) is 1. The second-order valence-corrected chi connectivity index (χ2v) is 8.08. The molecule has 0 radical (unpaired) electrons. The largest absolute Gasteiger partial charge is 0.398 e. The van der Waals surface area contributed by atoms with E-state index < -0.39 is 0 Å². The summed E-state index contributed by atoms with van der Waals surface area (Å²) in [6.07, 6.45) is 19.1. The molecule has 0 spiro atoms. The Hall–Kier alpha value is -2.10. The standard InChI is InChI=1S/C23H32N2O2/c1-2-3-4-5-6-7-16-8-10-17(11-9-16)25-19-13-15-20(26)22-18(24)12-14-21(27)23(19)22/h12-17,25H,2-11,24H2,1H3/t16-,17-. The molecule has 4 heteroatoms. The van der Waals surface area contributed by atoms with Crippen LogP contribution in [0.1, 0.15) is 71.1 Å². The molecular weight excluding hydrogens is 336 g/mol. The minimum absolute atomic E-state index is 0.139. The Kier molecular flexibility index (Phi) is 6.70. The van der Waals surface area contributed by atoms with Crippen LogP contribution in [0, 0.1) is 5.92 Å². The van der Waals surface area contributed by atoms with Gasteiger partial charge in [0.15, 0.2) is 11.6 Å². The van der Waals surface area contributed by atoms with E-state index in [9.17, 15) is 9.59 Å². The quantitative estimate of drug-likeness (QED) is 0.629. The van der Waals surface area contributed by atoms with Gasteiger partial charge in [-0.3, -0.25) is 9.59 Å². The number of fused-ring (bicyclic) bond motifs is 1. The van der Waals surface area contributed by atoms with Gasteiger partial charge in [-0.05, 0) is 55.9 Å². The maximum absolute atomic E-state index is 12.4. The summed E-state index contributed by atoms with van der Waals surface area (Å²) in [5.74, 6) is 0.522. The van der Waals surface area contributed by atoms with Crippen molar-refractivity contribution in [3.8, 4) is 0 Å². The van der Waals surface area contributed by atoms with E-state index in [-0.39, 0.29) is 11.6 Å². The molecule has 0 aromatic rings. The Morgan fingerprint density at radius 2 is 1.56 bits per heavy atom. The lowest BCUT2D eigenvalue weighted by Crippen LogP contribution is -2.35. The molecule has 0 aromatic carbocycles. The summed E-state index contributed by atoms with van der Waals surface area (Å²) < 4.78 is 0. The van der Waals surface area contributed by atoms with Gasteiger partial charge in [-0.2, -0.15) is 0 Å². The number of hydrogen-bond donors (Lipinski definition) is 2. The Bertz CT molecular complexity index is 704. The van der Waals surface area contributed by atoms with Crippen LogP contribution in [-0.2, 0) is 9.59 Å². The highest BCUT2D eigenvalue weighted by molar-refractivity contribution is 6.23. The van der Waals surface area contributed by atoms with Crippen molar-refractivity contribution in [3.05, 3.63) is 46.8 Å². The molecule has 27 heavy (non-hydrogen) atoms. The van der Waals surface area contributed by atoms with E-state index in [0.29, 0.717) is 22.9 Å². The monoisotopic (exact) mass is 368 g/mol. The maximum atomic E-state index is 12.4. The summed E-state index contributed by atoms with van der Waals surface area (Å²) >= 11 is 0. The summed E-state index contributed by atoms with van der Waals surface area (Å²) in [7, 11) is 0. The van der Waals surface area contributed by atoms with E-state index in [1.807, 2.05) is 0 Å². The molecule has 0 aromatic heterocycles. The van der Waals surface area contributed by atoms with Gasteiger partial charge in [-0.25, -0.2) is 0 Å². The lowest BCUT2D eigenvalue weighted by atomic mass is 9.82. The van der Waals surface area contributed by atoms with E-state index in [1.165, 1.54) is 69.6 Å². The van der Waals surface area contributed by atoms with Gasteiger partial charge in [0.1, 0.15) is 0 Å². The van der Waals surface area contributed by atoms with Gasteiger partial charge in [0.2, 0.25) is 0 Å². The van der Waals surface area contributed by atoms with Crippen LogP contribution >= 0.6 is 0 Å². The first-order valence-corrected chi connectivity index (χ1v) is 10.6. The van der Waals surface area contributed by atoms with Crippen LogP contribution < -0.4 is 11.1 Å². The summed E-state index contributed by atoms with van der Waals surface area (Å²) in [6.45, 7) is 2.26. The van der Waals surface area contributed by atoms with Gasteiger partial charge in [-0.15, -0.1) is 0 Å². The van der Waals surface area contributed by atoms with Gasteiger partial charge in [-0.1, -0.05) is 45.4 Å². The average molecular weight is 369 g/mol. The molecule has 0 atom stereocenters. The van der Waals surface area contributed by atoms with Gasteiger partial charge < -0.3 is 11.1 Å². The number of carbonyl (C=O) groups excluding carboxylic acids is 2. The smallest absolute Gasteiger partial charge is 0.188 e. The number of ketones is 2. The maximum Gasteiger partial charge on any atom is 0.188 e. The van der Waals surface area contributed by atoms with Crippen LogP contribution in [0.25, 0.3) is 0 Å². The lowest BCUT2D eigenvalue weighted by molar-refractivity contribution is -0.114. The molecule has 1 saturated carbocycles. The van der Waals surface area contributed by atoms with E-state index in [1.54, 1.807) is 6.08 Å². The highest BCUT2D eigenvalue weighted by Gasteiger charge is 2.30. The third-order valence-electron chi connectivity index (χ3n) is 6.04. The predicted octanol–water partition coefficient (Wildman–Crippen LogP) is 4.24. The van der Waals surface area contributed by atoms with Crippen LogP contribution in [0.3, 0.4) is 0 Å². The third kappa shape index (κ3) is 4.79. The van der Waals surface area contributed by atoms with Crippen LogP contribution in [0.2, 0.25) is 0 Å². The minimum atomic E-state index is -0.183. The van der Waals surface area contributed by atoms with Crippen molar-refractivity contribution in [3.63, 3.8) is 0 Å². The van der Waals surface area contributed by atoms with Gasteiger partial charge >= 0.3 is 0 Å². The van der Waals surface area contributed by atoms with Gasteiger partial charge in [0.25, 0.3) is 0 Å². The Morgan fingerprint density at radius 3 is 2.30 bits per heavy atom. The van der Waals surface area contributed by atoms with Gasteiger partial charge in [0, 0.05) is 17.4 Å². The molecule has 0 heterocycles. The minimum Gasteiger partial charge on any atom is -0.398 e. The number of allylic oxidation sites excluding steroid dienone is 6. The zero-order valence-electron chi connectivity index (χ0n) is 16.4. The highest BCUT2D eigenvalue weighted by atomic mass is 16.1. The molecule has 146 valence electrons. The summed E-state index contributed by atoms with van der Waals surface area (Å²) in [5.41, 5.74) is 7.89. The van der Waals surface area contributed by atoms with Crippen molar-refractivity contribution in [1.29, 1.82) is 0 Å². The second-order valence-electron chi connectivity index (χ2n) is 8.08.